The molecule has 0 aromatic heterocycles. The number of hydrogen-bond acceptors (Lipinski definition) is 3. The molecule has 0 spiro atoms. The minimum absolute atomic E-state index is 0.634. The zero-order valence-electron chi connectivity index (χ0n) is 5.78. The van der Waals surface area contributed by atoms with Crippen LogP contribution < -0.4 is 0 Å². The molecule has 0 heterocycles. The van der Waals surface area contributed by atoms with Gasteiger partial charge in [0.1, 0.15) is 0 Å². The number of hydrogen-bond donors (Lipinski definition) is 1. The molecule has 0 saturated heterocycles. The van der Waals surface area contributed by atoms with Crippen LogP contribution in [0.4, 0.5) is 0 Å². The van der Waals surface area contributed by atoms with Crippen molar-refractivity contribution in [3.63, 3.8) is 0 Å². The minimum Gasteiger partial charge on any atom is -0.429 e. The number of rotatable bonds is 3. The van der Waals surface area contributed by atoms with E-state index in [-0.39, 0.29) is 0 Å². The fraction of sp³-hybridized carbons (Fsp3) is 0.286. The fourth-order valence-corrected chi connectivity index (χ4v) is 0.371. The molecule has 1 atom stereocenters. The zero-order valence-corrected chi connectivity index (χ0v) is 5.78. The van der Waals surface area contributed by atoms with E-state index < -0.39 is 12.3 Å². The van der Waals surface area contributed by atoms with Gasteiger partial charge < -0.3 is 9.84 Å². The molecular formula is C7H10O3. The van der Waals surface area contributed by atoms with Crippen LogP contribution in [0.1, 0.15) is 6.92 Å². The van der Waals surface area contributed by atoms with Gasteiger partial charge in [-0.25, -0.2) is 4.79 Å². The van der Waals surface area contributed by atoms with Gasteiger partial charge in [0.25, 0.3) is 0 Å². The Hall–Kier alpha value is -1.09. The Balaban J connectivity index is 3.67. The van der Waals surface area contributed by atoms with Crippen molar-refractivity contribution in [1.29, 1.82) is 0 Å². The molecule has 0 aliphatic heterocycles. The fourth-order valence-electron chi connectivity index (χ4n) is 0.371. The summed E-state index contributed by atoms with van der Waals surface area (Å²) >= 11 is 0. The maximum absolute atomic E-state index is 10.4. The topological polar surface area (TPSA) is 46.5 Å². The number of aliphatic hydroxyl groups is 1. The molecule has 0 aromatic carbocycles. The van der Waals surface area contributed by atoms with E-state index in [1.807, 2.05) is 0 Å². The van der Waals surface area contributed by atoms with Crippen molar-refractivity contribution in [2.24, 2.45) is 0 Å². The van der Waals surface area contributed by atoms with Gasteiger partial charge in [0.05, 0.1) is 0 Å². The maximum Gasteiger partial charge on any atom is 0.332 e. The van der Waals surface area contributed by atoms with E-state index in [1.54, 1.807) is 13.0 Å². The first-order valence-corrected chi connectivity index (χ1v) is 2.84. The van der Waals surface area contributed by atoms with Gasteiger partial charge in [-0.2, -0.15) is 0 Å². The second-order valence-electron chi connectivity index (χ2n) is 1.56. The summed E-state index contributed by atoms with van der Waals surface area (Å²) in [6, 6.07) is 0. The van der Waals surface area contributed by atoms with Gasteiger partial charge in [0, 0.05) is 6.08 Å². The lowest BCUT2D eigenvalue weighted by Gasteiger charge is -2.03. The first-order chi connectivity index (χ1) is 4.70. The third-order valence-electron chi connectivity index (χ3n) is 0.761. The van der Waals surface area contributed by atoms with Crippen molar-refractivity contribution < 1.29 is 14.6 Å². The summed E-state index contributed by atoms with van der Waals surface area (Å²) in [4.78, 5) is 10.4. The second-order valence-corrected chi connectivity index (χ2v) is 1.56. The Morgan fingerprint density at radius 1 is 1.80 bits per heavy atom. The number of carbonyl (C=O) groups excluding carboxylic acids is 1. The second kappa shape index (κ2) is 4.76. The zero-order chi connectivity index (χ0) is 7.98. The van der Waals surface area contributed by atoms with Crippen LogP contribution in [0.25, 0.3) is 0 Å². The van der Waals surface area contributed by atoms with Crippen LogP contribution in [-0.4, -0.2) is 17.4 Å². The average Bonchev–Trinajstić information content (AvgIpc) is 1.88. The predicted octanol–water partition coefficient (Wildman–Crippen LogP) is 0.610. The van der Waals surface area contributed by atoms with Crippen molar-refractivity contribution in [2.45, 2.75) is 13.2 Å². The van der Waals surface area contributed by atoms with Crippen LogP contribution in [-0.2, 0) is 9.53 Å². The van der Waals surface area contributed by atoms with E-state index in [2.05, 4.69) is 11.3 Å². The molecule has 0 rings (SSSR count). The number of ether oxygens (including phenoxy) is 1. The smallest absolute Gasteiger partial charge is 0.332 e. The van der Waals surface area contributed by atoms with Crippen molar-refractivity contribution in [3.8, 4) is 0 Å². The van der Waals surface area contributed by atoms with E-state index in [4.69, 9.17) is 5.11 Å². The standard InChI is InChI=1S/C7H10O3/c1-3-5-7(9)10-6(8)4-2/h3-5,7,9H,2H2,1H3. The number of esters is 1. The van der Waals surface area contributed by atoms with E-state index >= 15 is 0 Å². The maximum atomic E-state index is 10.4. The lowest BCUT2D eigenvalue weighted by atomic mass is 10.5. The number of allylic oxidation sites excluding steroid dienone is 1. The largest absolute Gasteiger partial charge is 0.429 e. The summed E-state index contributed by atoms with van der Waals surface area (Å²) < 4.78 is 4.35. The van der Waals surface area contributed by atoms with Crippen LogP contribution in [0, 0.1) is 0 Å². The van der Waals surface area contributed by atoms with E-state index in [9.17, 15) is 4.79 Å². The molecule has 0 aliphatic carbocycles. The van der Waals surface area contributed by atoms with E-state index in [0.29, 0.717) is 0 Å². The Labute approximate surface area is 59.6 Å². The average molecular weight is 142 g/mol. The molecule has 0 amide bonds. The third-order valence-corrected chi connectivity index (χ3v) is 0.761. The molecule has 56 valence electrons. The van der Waals surface area contributed by atoms with Crippen molar-refractivity contribution >= 4 is 5.97 Å². The molecule has 0 radical (unpaired) electrons. The van der Waals surface area contributed by atoms with Crippen LogP contribution in [0.3, 0.4) is 0 Å². The summed E-state index contributed by atoms with van der Waals surface area (Å²) in [5.74, 6) is -0.634. The summed E-state index contributed by atoms with van der Waals surface area (Å²) in [5.41, 5.74) is 0. The Bertz CT molecular complexity index is 149. The monoisotopic (exact) mass is 142 g/mol. The summed E-state index contributed by atoms with van der Waals surface area (Å²) in [7, 11) is 0. The van der Waals surface area contributed by atoms with Gasteiger partial charge in [-0.05, 0) is 13.0 Å². The van der Waals surface area contributed by atoms with Crippen molar-refractivity contribution in [3.05, 3.63) is 24.8 Å². The quantitative estimate of drug-likeness (QED) is 0.272. The van der Waals surface area contributed by atoms with Gasteiger partial charge in [0.15, 0.2) is 0 Å². The molecule has 0 saturated carbocycles. The van der Waals surface area contributed by atoms with Gasteiger partial charge >= 0.3 is 5.97 Å². The molecular weight excluding hydrogens is 132 g/mol. The highest BCUT2D eigenvalue weighted by molar-refractivity contribution is 5.81. The Morgan fingerprint density at radius 3 is 2.80 bits per heavy atom. The van der Waals surface area contributed by atoms with Gasteiger partial charge in [0.2, 0.25) is 6.29 Å². The van der Waals surface area contributed by atoms with Gasteiger partial charge in [-0.1, -0.05) is 12.7 Å². The highest BCUT2D eigenvalue weighted by atomic mass is 16.6. The Kier molecular flexibility index (Phi) is 4.24. The van der Waals surface area contributed by atoms with Crippen LogP contribution in [0.5, 0.6) is 0 Å². The molecule has 0 aromatic rings. The number of carbonyl (C=O) groups is 1. The highest BCUT2D eigenvalue weighted by Gasteiger charge is 2.01. The van der Waals surface area contributed by atoms with Gasteiger partial charge in [-0.3, -0.25) is 0 Å². The lowest BCUT2D eigenvalue weighted by Crippen LogP contribution is -2.12. The molecule has 1 N–H and O–H groups in total. The molecule has 3 heteroatoms. The Morgan fingerprint density at radius 2 is 2.40 bits per heavy atom. The summed E-state index contributed by atoms with van der Waals surface area (Å²) in [6.45, 7) is 4.88. The van der Waals surface area contributed by atoms with E-state index in [1.165, 1.54) is 6.08 Å². The molecule has 1 unspecified atom stereocenters. The normalized spacial score (nSPS) is 13.0. The van der Waals surface area contributed by atoms with E-state index in [0.717, 1.165) is 6.08 Å². The number of aliphatic hydroxyl groups excluding tert-OH is 1. The van der Waals surface area contributed by atoms with Crippen LogP contribution >= 0.6 is 0 Å². The third kappa shape index (κ3) is 3.86. The van der Waals surface area contributed by atoms with Crippen LogP contribution in [0.2, 0.25) is 0 Å². The molecule has 0 fully saturated rings. The lowest BCUT2D eigenvalue weighted by molar-refractivity contribution is -0.154. The summed E-state index contributed by atoms with van der Waals surface area (Å²) in [5, 5.41) is 8.77. The van der Waals surface area contributed by atoms with Crippen molar-refractivity contribution in [2.75, 3.05) is 0 Å². The SMILES string of the molecule is C=CC(=O)OC(O)C=CC. The highest BCUT2D eigenvalue weighted by Crippen LogP contribution is 1.90. The molecule has 0 bridgehead atoms. The van der Waals surface area contributed by atoms with Gasteiger partial charge in [-0.15, -0.1) is 0 Å². The summed E-state index contributed by atoms with van der Waals surface area (Å²) in [6.07, 6.45) is 2.77. The van der Waals surface area contributed by atoms with Crippen molar-refractivity contribution in [1.82, 2.24) is 0 Å². The molecule has 10 heavy (non-hydrogen) atoms. The first-order valence-electron chi connectivity index (χ1n) is 2.84. The van der Waals surface area contributed by atoms with Crippen LogP contribution in [0.15, 0.2) is 24.8 Å². The predicted molar refractivity (Wildman–Crippen MR) is 37.1 cm³/mol. The minimum atomic E-state index is -1.16. The first kappa shape index (κ1) is 8.91. The molecule has 3 nitrogen and oxygen atoms in total. The molecule has 0 aliphatic rings.